The molecule has 0 saturated carbocycles. The highest BCUT2D eigenvalue weighted by Crippen LogP contribution is 2.35. The molecule has 2 aromatic carbocycles. The van der Waals surface area contributed by atoms with E-state index in [0.717, 1.165) is 17.6 Å². The summed E-state index contributed by atoms with van der Waals surface area (Å²) in [7, 11) is 0. The van der Waals surface area contributed by atoms with Crippen molar-refractivity contribution in [2.24, 2.45) is 0 Å². The van der Waals surface area contributed by atoms with E-state index in [2.05, 4.69) is 74.5 Å². The molecule has 0 bridgehead atoms. The zero-order chi connectivity index (χ0) is 13.6. The summed E-state index contributed by atoms with van der Waals surface area (Å²) in [6.45, 7) is 6.85. The molecule has 0 radical (unpaired) electrons. The Hall–Kier alpha value is -1.12. The molecule has 0 aromatic heterocycles. The minimum Gasteiger partial charge on any atom is -1.00 e. The van der Waals surface area contributed by atoms with E-state index in [4.69, 9.17) is 0 Å². The summed E-state index contributed by atoms with van der Waals surface area (Å²) in [5.41, 5.74) is 2.80. The average molecular weight is 334 g/mol. The Morgan fingerprint density at radius 1 is 0.650 bits per heavy atom. The summed E-state index contributed by atoms with van der Waals surface area (Å²) in [5, 5.41) is 0. The highest BCUT2D eigenvalue weighted by atomic mass is 79.9. The molecular formula is C18H24BrN. The summed E-state index contributed by atoms with van der Waals surface area (Å²) >= 11 is 0. The lowest BCUT2D eigenvalue weighted by atomic mass is 10.1. The Labute approximate surface area is 133 Å². The summed E-state index contributed by atoms with van der Waals surface area (Å²) in [5.74, 6) is 0. The number of nitrogens with zero attached hydrogens (tertiary/aromatic N) is 1. The molecule has 2 heteroatoms. The standard InChI is InChI=1S/C18H24N.BrH/c1-3-15-19(16-4-2,17-11-7-5-8-12-17)18-13-9-6-10-14-18;/h5-14H,3-4,15-16H2,1-2H3;1H/q+1;/p-1. The number of para-hydroxylation sites is 2. The van der Waals surface area contributed by atoms with Gasteiger partial charge in [-0.2, -0.15) is 0 Å². The number of hydrogen-bond acceptors (Lipinski definition) is 0. The third-order valence-electron chi connectivity index (χ3n) is 3.71. The topological polar surface area (TPSA) is 0 Å². The summed E-state index contributed by atoms with van der Waals surface area (Å²) in [6.07, 6.45) is 2.37. The Morgan fingerprint density at radius 2 is 1.00 bits per heavy atom. The van der Waals surface area contributed by atoms with Crippen LogP contribution >= 0.6 is 0 Å². The Bertz CT molecular complexity index is 434. The van der Waals surface area contributed by atoms with Crippen LogP contribution in [0.4, 0.5) is 11.4 Å². The maximum atomic E-state index is 2.27. The molecule has 0 atom stereocenters. The molecule has 0 N–H and O–H groups in total. The van der Waals surface area contributed by atoms with E-state index in [9.17, 15) is 0 Å². The molecule has 0 amide bonds. The van der Waals surface area contributed by atoms with Gasteiger partial charge >= 0.3 is 0 Å². The molecule has 0 aliphatic rings. The molecule has 0 aliphatic carbocycles. The predicted octanol–water partition coefficient (Wildman–Crippen LogP) is 2.15. The molecule has 2 aromatic rings. The van der Waals surface area contributed by atoms with E-state index in [-0.39, 0.29) is 17.0 Å². The van der Waals surface area contributed by atoms with Gasteiger partial charge in [-0.1, -0.05) is 50.2 Å². The third-order valence-corrected chi connectivity index (χ3v) is 3.71. The lowest BCUT2D eigenvalue weighted by Gasteiger charge is -2.37. The summed E-state index contributed by atoms with van der Waals surface area (Å²) in [6, 6.07) is 21.8. The van der Waals surface area contributed by atoms with Crippen LogP contribution in [0.5, 0.6) is 0 Å². The first-order valence-corrected chi connectivity index (χ1v) is 7.32. The zero-order valence-corrected chi connectivity index (χ0v) is 14.0. The molecule has 0 spiro atoms. The average Bonchev–Trinajstić information content (AvgIpc) is 2.49. The van der Waals surface area contributed by atoms with Crippen LogP contribution < -0.4 is 21.5 Å². The monoisotopic (exact) mass is 333 g/mol. The van der Waals surface area contributed by atoms with Gasteiger partial charge in [-0.05, 0) is 37.1 Å². The van der Waals surface area contributed by atoms with Crippen LogP contribution in [0.15, 0.2) is 60.7 Å². The SMILES string of the molecule is CCC[N+](CCC)(c1ccccc1)c1ccccc1.[Br-]. The first-order valence-electron chi connectivity index (χ1n) is 7.32. The molecular weight excluding hydrogens is 310 g/mol. The number of halogens is 1. The molecule has 0 unspecified atom stereocenters. The van der Waals surface area contributed by atoms with Crippen LogP contribution in [0, 0.1) is 0 Å². The van der Waals surface area contributed by atoms with Crippen LogP contribution in [-0.2, 0) is 0 Å². The molecule has 0 heterocycles. The number of quaternary nitrogens is 1. The van der Waals surface area contributed by atoms with Crippen LogP contribution in [0.1, 0.15) is 26.7 Å². The highest BCUT2D eigenvalue weighted by Gasteiger charge is 2.31. The van der Waals surface area contributed by atoms with E-state index >= 15 is 0 Å². The van der Waals surface area contributed by atoms with Gasteiger partial charge in [-0.15, -0.1) is 0 Å². The van der Waals surface area contributed by atoms with Crippen molar-refractivity contribution in [3.8, 4) is 0 Å². The van der Waals surface area contributed by atoms with Gasteiger partial charge in [0.25, 0.3) is 0 Å². The van der Waals surface area contributed by atoms with Crippen molar-refractivity contribution in [2.45, 2.75) is 26.7 Å². The smallest absolute Gasteiger partial charge is 0.137 e. The highest BCUT2D eigenvalue weighted by molar-refractivity contribution is 5.58. The summed E-state index contributed by atoms with van der Waals surface area (Å²) < 4.78 is 0.967. The van der Waals surface area contributed by atoms with Gasteiger partial charge in [0, 0.05) is 0 Å². The Kier molecular flexibility index (Phi) is 6.97. The zero-order valence-electron chi connectivity index (χ0n) is 12.4. The quantitative estimate of drug-likeness (QED) is 0.710. The lowest BCUT2D eigenvalue weighted by Crippen LogP contribution is -3.00. The van der Waals surface area contributed by atoms with Crippen LogP contribution in [-0.4, -0.2) is 13.1 Å². The number of hydrogen-bond donors (Lipinski definition) is 0. The van der Waals surface area contributed by atoms with E-state index in [1.165, 1.54) is 24.2 Å². The fraction of sp³-hybridized carbons (Fsp3) is 0.333. The molecule has 0 aliphatic heterocycles. The molecule has 0 saturated heterocycles. The van der Waals surface area contributed by atoms with Crippen molar-refractivity contribution in [1.29, 1.82) is 0 Å². The van der Waals surface area contributed by atoms with Crippen LogP contribution in [0.25, 0.3) is 0 Å². The van der Waals surface area contributed by atoms with E-state index < -0.39 is 0 Å². The lowest BCUT2D eigenvalue weighted by molar-refractivity contribution is -0.00000394. The maximum absolute atomic E-state index is 2.27. The molecule has 0 fully saturated rings. The maximum Gasteiger partial charge on any atom is 0.137 e. The van der Waals surface area contributed by atoms with Crippen molar-refractivity contribution in [3.63, 3.8) is 0 Å². The van der Waals surface area contributed by atoms with Crippen LogP contribution in [0.2, 0.25) is 0 Å². The van der Waals surface area contributed by atoms with E-state index in [1.54, 1.807) is 0 Å². The minimum atomic E-state index is 0. The first-order chi connectivity index (χ1) is 9.33. The molecule has 108 valence electrons. The number of rotatable bonds is 6. The second-order valence-corrected chi connectivity index (χ2v) is 5.09. The predicted molar refractivity (Wildman–Crippen MR) is 84.7 cm³/mol. The van der Waals surface area contributed by atoms with Crippen molar-refractivity contribution in [2.75, 3.05) is 13.1 Å². The van der Waals surface area contributed by atoms with Crippen molar-refractivity contribution < 1.29 is 17.0 Å². The number of benzene rings is 2. The third kappa shape index (κ3) is 3.50. The Balaban J connectivity index is 0.00000200. The normalized spacial score (nSPS) is 10.9. The van der Waals surface area contributed by atoms with Gasteiger partial charge in [0.2, 0.25) is 0 Å². The van der Waals surface area contributed by atoms with Crippen LogP contribution in [0.3, 0.4) is 0 Å². The summed E-state index contributed by atoms with van der Waals surface area (Å²) in [4.78, 5) is 0. The molecule has 1 nitrogen and oxygen atoms in total. The van der Waals surface area contributed by atoms with Gasteiger partial charge in [-0.3, -0.25) is 4.48 Å². The fourth-order valence-corrected chi connectivity index (χ4v) is 2.97. The van der Waals surface area contributed by atoms with Gasteiger partial charge < -0.3 is 17.0 Å². The van der Waals surface area contributed by atoms with Crippen molar-refractivity contribution >= 4 is 11.4 Å². The van der Waals surface area contributed by atoms with Crippen molar-refractivity contribution in [1.82, 2.24) is 4.48 Å². The fourth-order valence-electron chi connectivity index (χ4n) is 2.97. The largest absolute Gasteiger partial charge is 1.00 e. The van der Waals surface area contributed by atoms with Gasteiger partial charge in [0.15, 0.2) is 0 Å². The van der Waals surface area contributed by atoms with E-state index in [0.29, 0.717) is 0 Å². The van der Waals surface area contributed by atoms with E-state index in [1.807, 2.05) is 0 Å². The minimum absolute atomic E-state index is 0. The first kappa shape index (κ1) is 16.9. The second kappa shape index (κ2) is 8.23. The molecule has 20 heavy (non-hydrogen) atoms. The van der Waals surface area contributed by atoms with Gasteiger partial charge in [-0.25, -0.2) is 0 Å². The van der Waals surface area contributed by atoms with Crippen molar-refractivity contribution in [3.05, 3.63) is 60.7 Å². The second-order valence-electron chi connectivity index (χ2n) is 5.09. The Morgan fingerprint density at radius 3 is 1.30 bits per heavy atom. The van der Waals surface area contributed by atoms with Gasteiger partial charge in [0.1, 0.15) is 11.4 Å². The van der Waals surface area contributed by atoms with Gasteiger partial charge in [0.05, 0.1) is 13.1 Å². The molecule has 2 rings (SSSR count).